The predicted octanol–water partition coefficient (Wildman–Crippen LogP) is 2.59. The monoisotopic (exact) mass is 290 g/mol. The summed E-state index contributed by atoms with van der Waals surface area (Å²) < 4.78 is 23.8. The zero-order valence-corrected chi connectivity index (χ0v) is 12.1. The first-order valence-corrected chi connectivity index (χ1v) is 6.60. The van der Waals surface area contributed by atoms with Crippen molar-refractivity contribution in [3.63, 3.8) is 0 Å². The molecule has 0 saturated heterocycles. The van der Waals surface area contributed by atoms with Crippen molar-refractivity contribution in [2.45, 2.75) is 12.5 Å². The predicted molar refractivity (Wildman–Crippen MR) is 79.7 cm³/mol. The summed E-state index contributed by atoms with van der Waals surface area (Å²) in [5, 5.41) is 0. The highest BCUT2D eigenvalue weighted by Gasteiger charge is 2.16. The normalized spacial score (nSPS) is 12.0. The van der Waals surface area contributed by atoms with Gasteiger partial charge in [0.25, 0.3) is 0 Å². The van der Waals surface area contributed by atoms with Gasteiger partial charge in [0.1, 0.15) is 17.3 Å². The topological polar surface area (TPSA) is 56.5 Å². The number of methoxy groups -OCH3 is 2. The van der Waals surface area contributed by atoms with E-state index < -0.39 is 0 Å². The molecule has 0 aliphatic heterocycles. The van der Waals surface area contributed by atoms with Gasteiger partial charge in [-0.25, -0.2) is 4.39 Å². The van der Waals surface area contributed by atoms with E-state index in [0.29, 0.717) is 17.9 Å². The Morgan fingerprint density at radius 3 is 2.57 bits per heavy atom. The van der Waals surface area contributed by atoms with Crippen LogP contribution in [0.3, 0.4) is 0 Å². The molecule has 3 N–H and O–H groups in total. The largest absolute Gasteiger partial charge is 0.497 e. The molecule has 2 aromatic rings. The molecule has 112 valence electrons. The number of hydrazine groups is 1. The van der Waals surface area contributed by atoms with Crippen LogP contribution in [0.5, 0.6) is 11.5 Å². The Hall–Kier alpha value is -2.11. The lowest BCUT2D eigenvalue weighted by atomic mass is 9.98. The lowest BCUT2D eigenvalue weighted by molar-refractivity contribution is 0.384. The minimum absolute atomic E-state index is 0.187. The average molecular weight is 290 g/mol. The van der Waals surface area contributed by atoms with Crippen molar-refractivity contribution in [3.8, 4) is 11.5 Å². The second-order valence-electron chi connectivity index (χ2n) is 4.66. The van der Waals surface area contributed by atoms with E-state index in [4.69, 9.17) is 15.3 Å². The summed E-state index contributed by atoms with van der Waals surface area (Å²) in [5.41, 5.74) is 4.51. The fourth-order valence-electron chi connectivity index (χ4n) is 2.26. The van der Waals surface area contributed by atoms with Gasteiger partial charge in [0.15, 0.2) is 0 Å². The van der Waals surface area contributed by atoms with Crippen molar-refractivity contribution in [1.82, 2.24) is 5.43 Å². The third-order valence-electron chi connectivity index (χ3n) is 3.35. The maximum absolute atomic E-state index is 13.3. The molecule has 1 atom stereocenters. The molecule has 0 aliphatic carbocycles. The Bertz CT molecular complexity index is 605. The van der Waals surface area contributed by atoms with Gasteiger partial charge >= 0.3 is 0 Å². The summed E-state index contributed by atoms with van der Waals surface area (Å²) in [6.07, 6.45) is 0.553. The first-order valence-electron chi connectivity index (χ1n) is 6.60. The quantitative estimate of drug-likeness (QED) is 0.634. The van der Waals surface area contributed by atoms with Crippen LogP contribution < -0.4 is 20.7 Å². The fourth-order valence-corrected chi connectivity index (χ4v) is 2.26. The summed E-state index contributed by atoms with van der Waals surface area (Å²) in [7, 11) is 3.19. The van der Waals surface area contributed by atoms with Crippen LogP contribution in [0, 0.1) is 5.82 Å². The average Bonchev–Trinajstić information content (AvgIpc) is 2.52. The second-order valence-corrected chi connectivity index (χ2v) is 4.66. The number of halogens is 1. The van der Waals surface area contributed by atoms with Gasteiger partial charge in [-0.2, -0.15) is 0 Å². The van der Waals surface area contributed by atoms with Crippen LogP contribution in [-0.4, -0.2) is 14.2 Å². The number of hydrogen-bond donors (Lipinski definition) is 2. The zero-order chi connectivity index (χ0) is 15.2. The molecule has 0 aromatic heterocycles. The first-order chi connectivity index (χ1) is 10.2. The van der Waals surface area contributed by atoms with Crippen molar-refractivity contribution in [1.29, 1.82) is 0 Å². The van der Waals surface area contributed by atoms with Crippen molar-refractivity contribution in [2.75, 3.05) is 14.2 Å². The van der Waals surface area contributed by atoms with Gasteiger partial charge in [0.2, 0.25) is 0 Å². The smallest absolute Gasteiger partial charge is 0.127 e. The maximum atomic E-state index is 13.3. The molecule has 0 saturated carbocycles. The van der Waals surface area contributed by atoms with Crippen LogP contribution in [0.1, 0.15) is 17.2 Å². The first kappa shape index (κ1) is 15.3. The molecule has 0 fully saturated rings. The van der Waals surface area contributed by atoms with E-state index in [1.165, 1.54) is 12.1 Å². The number of ether oxygens (including phenoxy) is 2. The summed E-state index contributed by atoms with van der Waals surface area (Å²) in [5.74, 6) is 6.78. The van der Waals surface area contributed by atoms with Gasteiger partial charge < -0.3 is 9.47 Å². The molecule has 0 amide bonds. The third-order valence-corrected chi connectivity index (χ3v) is 3.35. The maximum Gasteiger partial charge on any atom is 0.127 e. The Labute approximate surface area is 123 Å². The summed E-state index contributed by atoms with van der Waals surface area (Å²) in [6.45, 7) is 0. The Morgan fingerprint density at radius 2 is 1.95 bits per heavy atom. The highest BCUT2D eigenvalue weighted by molar-refractivity contribution is 5.43. The SMILES string of the molecule is COc1ccc(C(Cc2cccc(F)c2)NN)c(OC)c1. The Morgan fingerprint density at radius 1 is 1.14 bits per heavy atom. The molecule has 2 aromatic carbocycles. The molecule has 4 nitrogen and oxygen atoms in total. The van der Waals surface area contributed by atoms with E-state index in [1.54, 1.807) is 26.4 Å². The standard InChI is InChI=1S/C16H19FN2O2/c1-20-13-6-7-14(16(10-13)21-2)15(19-18)9-11-4-3-5-12(17)8-11/h3-8,10,15,19H,9,18H2,1-2H3. The summed E-state index contributed by atoms with van der Waals surface area (Å²) in [4.78, 5) is 0. The number of nitrogens with one attached hydrogen (secondary N) is 1. The van der Waals surface area contributed by atoms with E-state index in [1.807, 2.05) is 18.2 Å². The Kier molecular flexibility index (Phi) is 5.14. The van der Waals surface area contributed by atoms with Crippen LogP contribution in [-0.2, 0) is 6.42 Å². The number of nitrogens with two attached hydrogens (primary N) is 1. The van der Waals surface area contributed by atoms with Crippen LogP contribution in [0.25, 0.3) is 0 Å². The molecular formula is C16H19FN2O2. The van der Waals surface area contributed by atoms with Gasteiger partial charge in [-0.15, -0.1) is 0 Å². The van der Waals surface area contributed by atoms with E-state index in [2.05, 4.69) is 5.43 Å². The van der Waals surface area contributed by atoms with Crippen LogP contribution in [0.4, 0.5) is 4.39 Å². The van der Waals surface area contributed by atoms with E-state index in [0.717, 1.165) is 11.1 Å². The second kappa shape index (κ2) is 7.06. The van der Waals surface area contributed by atoms with Crippen molar-refractivity contribution in [2.24, 2.45) is 5.84 Å². The van der Waals surface area contributed by atoms with Gasteiger partial charge in [0.05, 0.1) is 20.3 Å². The van der Waals surface area contributed by atoms with E-state index in [-0.39, 0.29) is 11.9 Å². The number of hydrogen-bond acceptors (Lipinski definition) is 4. The molecule has 21 heavy (non-hydrogen) atoms. The molecule has 0 spiro atoms. The molecule has 2 rings (SSSR count). The van der Waals surface area contributed by atoms with Crippen molar-refractivity contribution in [3.05, 3.63) is 59.4 Å². The van der Waals surface area contributed by atoms with Crippen LogP contribution >= 0.6 is 0 Å². The number of benzene rings is 2. The third kappa shape index (κ3) is 3.71. The summed E-state index contributed by atoms with van der Waals surface area (Å²) in [6, 6.07) is 11.8. The molecule has 0 heterocycles. The molecule has 0 bridgehead atoms. The Balaban J connectivity index is 2.28. The molecule has 0 radical (unpaired) electrons. The number of rotatable bonds is 6. The molecule has 1 unspecified atom stereocenters. The molecule has 5 heteroatoms. The summed E-state index contributed by atoms with van der Waals surface area (Å²) >= 11 is 0. The zero-order valence-electron chi connectivity index (χ0n) is 12.1. The fraction of sp³-hybridized carbons (Fsp3) is 0.250. The molecular weight excluding hydrogens is 271 g/mol. The van der Waals surface area contributed by atoms with Crippen LogP contribution in [0.2, 0.25) is 0 Å². The van der Waals surface area contributed by atoms with Crippen molar-refractivity contribution < 1.29 is 13.9 Å². The highest BCUT2D eigenvalue weighted by Crippen LogP contribution is 2.31. The van der Waals surface area contributed by atoms with Gasteiger partial charge in [-0.3, -0.25) is 11.3 Å². The minimum Gasteiger partial charge on any atom is -0.497 e. The van der Waals surface area contributed by atoms with Crippen molar-refractivity contribution >= 4 is 0 Å². The highest BCUT2D eigenvalue weighted by atomic mass is 19.1. The molecule has 0 aliphatic rings. The van der Waals surface area contributed by atoms with E-state index in [9.17, 15) is 4.39 Å². The lowest BCUT2D eigenvalue weighted by Crippen LogP contribution is -2.30. The minimum atomic E-state index is -0.259. The van der Waals surface area contributed by atoms with Crippen LogP contribution in [0.15, 0.2) is 42.5 Å². The lowest BCUT2D eigenvalue weighted by Gasteiger charge is -2.20. The van der Waals surface area contributed by atoms with Gasteiger partial charge in [-0.1, -0.05) is 18.2 Å². The van der Waals surface area contributed by atoms with Gasteiger partial charge in [0, 0.05) is 11.6 Å². The van der Waals surface area contributed by atoms with E-state index >= 15 is 0 Å². The van der Waals surface area contributed by atoms with Gasteiger partial charge in [-0.05, 0) is 30.2 Å².